The predicted molar refractivity (Wildman–Crippen MR) is 78.7 cm³/mol. The Kier molecular flexibility index (Phi) is 4.65. The summed E-state index contributed by atoms with van der Waals surface area (Å²) in [5, 5.41) is 3.05. The van der Waals surface area contributed by atoms with E-state index in [0.29, 0.717) is 23.6 Å². The number of nitrogens with two attached hydrogens (primary N) is 1. The first kappa shape index (κ1) is 14.7. The Morgan fingerprint density at radius 1 is 1.29 bits per heavy atom. The minimum atomic E-state index is -0.463. The molecule has 2 heterocycles. The molecule has 0 unspecified atom stereocenters. The summed E-state index contributed by atoms with van der Waals surface area (Å²) in [6.07, 6.45) is 4.83. The van der Waals surface area contributed by atoms with Crippen molar-refractivity contribution in [3.63, 3.8) is 0 Å². The molecular weight excluding hydrogens is 270 g/mol. The average molecular weight is 287 g/mol. The molecule has 0 aliphatic carbocycles. The average Bonchev–Trinajstić information content (AvgIpc) is 2.48. The van der Waals surface area contributed by atoms with E-state index in [1.54, 1.807) is 19.3 Å². The third-order valence-corrected chi connectivity index (χ3v) is 2.68. The van der Waals surface area contributed by atoms with Gasteiger partial charge < -0.3 is 15.8 Å². The van der Waals surface area contributed by atoms with Gasteiger partial charge in [-0.2, -0.15) is 0 Å². The number of ether oxygens (including phenoxy) is 1. The molecule has 0 aliphatic rings. The highest BCUT2D eigenvalue weighted by Gasteiger charge is 2.14. The van der Waals surface area contributed by atoms with Gasteiger partial charge in [0.1, 0.15) is 11.4 Å². The molecule has 0 aromatic carbocycles. The van der Waals surface area contributed by atoms with Crippen LogP contribution in [-0.2, 0) is 11.3 Å². The summed E-state index contributed by atoms with van der Waals surface area (Å²) in [5.41, 5.74) is 7.96. The van der Waals surface area contributed by atoms with Gasteiger partial charge in [0, 0.05) is 6.20 Å². The second-order valence-electron chi connectivity index (χ2n) is 4.39. The van der Waals surface area contributed by atoms with Crippen molar-refractivity contribution >= 4 is 17.5 Å². The largest absolute Gasteiger partial charge is 0.462 e. The van der Waals surface area contributed by atoms with Crippen LogP contribution in [0.3, 0.4) is 0 Å². The highest BCUT2D eigenvalue weighted by molar-refractivity contribution is 5.95. The maximum atomic E-state index is 11.9. The molecule has 2 aromatic rings. The zero-order chi connectivity index (χ0) is 15.2. The van der Waals surface area contributed by atoms with Crippen LogP contribution in [0.5, 0.6) is 0 Å². The lowest BCUT2D eigenvalue weighted by Gasteiger charge is -2.10. The molecule has 0 radical (unpaired) electrons. The van der Waals surface area contributed by atoms with Gasteiger partial charge in [-0.3, -0.25) is 9.97 Å². The SMILES string of the molecule is CCOC(=O)c1cc(N)cnc1NCc1cnc(C)cn1. The number of rotatable bonds is 5. The van der Waals surface area contributed by atoms with E-state index in [1.165, 1.54) is 12.3 Å². The van der Waals surface area contributed by atoms with E-state index in [2.05, 4.69) is 20.3 Å². The Morgan fingerprint density at radius 2 is 2.10 bits per heavy atom. The van der Waals surface area contributed by atoms with Gasteiger partial charge >= 0.3 is 5.97 Å². The third-order valence-electron chi connectivity index (χ3n) is 2.68. The molecule has 0 spiro atoms. The quantitative estimate of drug-likeness (QED) is 0.804. The van der Waals surface area contributed by atoms with Crippen LogP contribution in [0.4, 0.5) is 11.5 Å². The van der Waals surface area contributed by atoms with Crippen LogP contribution in [0.25, 0.3) is 0 Å². The number of carbonyl (C=O) groups excluding carboxylic acids is 1. The number of nitrogen functional groups attached to an aromatic ring is 1. The Hall–Kier alpha value is -2.70. The first-order chi connectivity index (χ1) is 10.1. The molecule has 7 heteroatoms. The lowest BCUT2D eigenvalue weighted by atomic mass is 10.2. The number of carbonyl (C=O) groups is 1. The zero-order valence-electron chi connectivity index (χ0n) is 12.0. The van der Waals surface area contributed by atoms with Gasteiger partial charge in [0.15, 0.2) is 0 Å². The standard InChI is InChI=1S/C14H17N5O2/c1-3-21-14(20)12-4-10(15)6-18-13(12)19-8-11-7-16-9(2)5-17-11/h4-7H,3,8,15H2,1-2H3,(H,18,19). The fourth-order valence-corrected chi connectivity index (χ4v) is 1.67. The van der Waals surface area contributed by atoms with Crippen molar-refractivity contribution in [3.8, 4) is 0 Å². The van der Waals surface area contributed by atoms with Crippen molar-refractivity contribution < 1.29 is 9.53 Å². The van der Waals surface area contributed by atoms with Crippen LogP contribution in [-0.4, -0.2) is 27.5 Å². The minimum absolute atomic E-state index is 0.288. The maximum Gasteiger partial charge on any atom is 0.341 e. The van der Waals surface area contributed by atoms with Crippen LogP contribution >= 0.6 is 0 Å². The topological polar surface area (TPSA) is 103 Å². The summed E-state index contributed by atoms with van der Waals surface area (Å²) < 4.78 is 4.99. The normalized spacial score (nSPS) is 10.2. The number of anilines is 2. The highest BCUT2D eigenvalue weighted by Crippen LogP contribution is 2.17. The van der Waals surface area contributed by atoms with Crippen molar-refractivity contribution in [1.29, 1.82) is 0 Å². The van der Waals surface area contributed by atoms with Crippen molar-refractivity contribution in [1.82, 2.24) is 15.0 Å². The second kappa shape index (κ2) is 6.65. The first-order valence-corrected chi connectivity index (χ1v) is 6.54. The summed E-state index contributed by atoms with van der Waals surface area (Å²) in [4.78, 5) is 24.4. The third kappa shape index (κ3) is 3.88. The maximum absolute atomic E-state index is 11.9. The highest BCUT2D eigenvalue weighted by atomic mass is 16.5. The number of esters is 1. The molecular formula is C14H17N5O2. The monoisotopic (exact) mass is 287 g/mol. The fraction of sp³-hybridized carbons (Fsp3) is 0.286. The number of hydrogen-bond donors (Lipinski definition) is 2. The number of nitrogens with one attached hydrogen (secondary N) is 1. The van der Waals surface area contributed by atoms with Crippen LogP contribution in [0.15, 0.2) is 24.7 Å². The summed E-state index contributed by atoms with van der Waals surface area (Å²) in [6.45, 7) is 4.30. The molecule has 3 N–H and O–H groups in total. The molecule has 110 valence electrons. The van der Waals surface area contributed by atoms with E-state index in [1.807, 2.05) is 6.92 Å². The predicted octanol–water partition coefficient (Wildman–Crippen LogP) is 1.55. The number of aromatic nitrogens is 3. The molecule has 0 bridgehead atoms. The van der Waals surface area contributed by atoms with Gasteiger partial charge in [-0.15, -0.1) is 0 Å². The zero-order valence-corrected chi connectivity index (χ0v) is 12.0. The Labute approximate surface area is 122 Å². The second-order valence-corrected chi connectivity index (χ2v) is 4.39. The molecule has 2 aromatic heterocycles. The Bertz CT molecular complexity index is 628. The van der Waals surface area contributed by atoms with Gasteiger partial charge in [0.25, 0.3) is 0 Å². The van der Waals surface area contributed by atoms with E-state index in [9.17, 15) is 4.79 Å². The molecule has 2 rings (SSSR count). The number of pyridine rings is 1. The van der Waals surface area contributed by atoms with E-state index in [0.717, 1.165) is 11.4 Å². The molecule has 7 nitrogen and oxygen atoms in total. The lowest BCUT2D eigenvalue weighted by Crippen LogP contribution is -2.12. The molecule has 0 saturated heterocycles. The molecule has 0 amide bonds. The van der Waals surface area contributed by atoms with Crippen LogP contribution in [0.1, 0.15) is 28.7 Å². The summed E-state index contributed by atoms with van der Waals surface area (Å²) in [5.74, 6) is -0.0557. The molecule has 21 heavy (non-hydrogen) atoms. The Morgan fingerprint density at radius 3 is 2.76 bits per heavy atom. The van der Waals surface area contributed by atoms with Crippen molar-refractivity contribution in [3.05, 3.63) is 41.6 Å². The van der Waals surface area contributed by atoms with E-state index < -0.39 is 5.97 Å². The summed E-state index contributed by atoms with van der Waals surface area (Å²) in [7, 11) is 0. The van der Waals surface area contributed by atoms with Gasteiger partial charge in [0.2, 0.25) is 0 Å². The molecule has 0 saturated carbocycles. The van der Waals surface area contributed by atoms with E-state index in [-0.39, 0.29) is 6.61 Å². The number of aryl methyl sites for hydroxylation is 1. The summed E-state index contributed by atoms with van der Waals surface area (Å²) in [6, 6.07) is 1.54. The minimum Gasteiger partial charge on any atom is -0.462 e. The van der Waals surface area contributed by atoms with Crippen molar-refractivity contribution in [2.75, 3.05) is 17.7 Å². The Balaban J connectivity index is 2.15. The van der Waals surface area contributed by atoms with Gasteiger partial charge in [-0.1, -0.05) is 0 Å². The van der Waals surface area contributed by atoms with Crippen LogP contribution < -0.4 is 11.1 Å². The van der Waals surface area contributed by atoms with Crippen molar-refractivity contribution in [2.45, 2.75) is 20.4 Å². The molecule has 0 fully saturated rings. The van der Waals surface area contributed by atoms with Gasteiger partial charge in [-0.25, -0.2) is 9.78 Å². The van der Waals surface area contributed by atoms with Crippen LogP contribution in [0.2, 0.25) is 0 Å². The van der Waals surface area contributed by atoms with Gasteiger partial charge in [0.05, 0.1) is 42.6 Å². The summed E-state index contributed by atoms with van der Waals surface area (Å²) >= 11 is 0. The smallest absolute Gasteiger partial charge is 0.341 e. The van der Waals surface area contributed by atoms with E-state index >= 15 is 0 Å². The first-order valence-electron chi connectivity index (χ1n) is 6.54. The lowest BCUT2D eigenvalue weighted by molar-refractivity contribution is 0.0527. The molecule has 0 aliphatic heterocycles. The fourth-order valence-electron chi connectivity index (χ4n) is 1.67. The van der Waals surface area contributed by atoms with Gasteiger partial charge in [-0.05, 0) is 19.9 Å². The van der Waals surface area contributed by atoms with Crippen LogP contribution in [0, 0.1) is 6.92 Å². The molecule has 0 atom stereocenters. The van der Waals surface area contributed by atoms with Crippen molar-refractivity contribution in [2.24, 2.45) is 0 Å². The van der Waals surface area contributed by atoms with E-state index in [4.69, 9.17) is 10.5 Å². The number of nitrogens with zero attached hydrogens (tertiary/aromatic N) is 3. The number of hydrogen-bond acceptors (Lipinski definition) is 7.